The molecule has 0 aliphatic rings. The highest BCUT2D eigenvalue weighted by Gasteiger charge is 2.22. The maximum Gasteiger partial charge on any atom is 0.237 e. The van der Waals surface area contributed by atoms with Crippen molar-refractivity contribution in [3.8, 4) is 17.1 Å². The van der Waals surface area contributed by atoms with E-state index in [0.29, 0.717) is 11.7 Å². The first-order valence-electron chi connectivity index (χ1n) is 11.0. The van der Waals surface area contributed by atoms with Crippen LogP contribution in [0.15, 0.2) is 93.8 Å². The van der Waals surface area contributed by atoms with Crippen LogP contribution < -0.4 is 10.1 Å². The Bertz CT molecular complexity index is 1260. The van der Waals surface area contributed by atoms with Gasteiger partial charge in [-0.2, -0.15) is 0 Å². The number of benzene rings is 3. The summed E-state index contributed by atoms with van der Waals surface area (Å²) in [6, 6.07) is 25.7. The van der Waals surface area contributed by atoms with E-state index in [0.717, 1.165) is 32.6 Å². The maximum atomic E-state index is 13.1. The number of carbonyl (C=O) groups is 1. The van der Waals surface area contributed by atoms with Crippen molar-refractivity contribution in [1.29, 1.82) is 0 Å². The van der Waals surface area contributed by atoms with Gasteiger partial charge >= 0.3 is 0 Å². The Kier molecular flexibility index (Phi) is 7.92. The predicted octanol–water partition coefficient (Wildman–Crippen LogP) is 6.24. The molecule has 0 saturated heterocycles. The number of ether oxygens (including phenoxy) is 1. The number of rotatable bonds is 9. The van der Waals surface area contributed by atoms with Crippen LogP contribution in [0.4, 0.5) is 5.69 Å². The van der Waals surface area contributed by atoms with E-state index >= 15 is 0 Å². The smallest absolute Gasteiger partial charge is 0.237 e. The van der Waals surface area contributed by atoms with Crippen molar-refractivity contribution in [3.05, 3.63) is 78.9 Å². The minimum absolute atomic E-state index is 0.0874. The molecule has 1 unspecified atom stereocenters. The Balaban J connectivity index is 1.50. The summed E-state index contributed by atoms with van der Waals surface area (Å²) in [6.07, 6.45) is 0. The fourth-order valence-electron chi connectivity index (χ4n) is 3.41. The Morgan fingerprint density at radius 2 is 1.71 bits per heavy atom. The SMILES string of the molecule is CCn1c(SC(C)C(=O)Nc2ccccc2Sc2ccccc2)nnc1-c1ccccc1OC. The molecular formula is C26H26N4O2S2. The highest BCUT2D eigenvalue weighted by Crippen LogP contribution is 2.35. The van der Waals surface area contributed by atoms with Gasteiger partial charge in [0.2, 0.25) is 5.91 Å². The van der Waals surface area contributed by atoms with E-state index in [4.69, 9.17) is 4.74 Å². The first-order chi connectivity index (χ1) is 16.6. The monoisotopic (exact) mass is 490 g/mol. The highest BCUT2D eigenvalue weighted by molar-refractivity contribution is 8.00. The average molecular weight is 491 g/mol. The number of thioether (sulfide) groups is 1. The molecule has 0 aliphatic heterocycles. The summed E-state index contributed by atoms with van der Waals surface area (Å²) in [5, 5.41) is 12.2. The van der Waals surface area contributed by atoms with E-state index < -0.39 is 0 Å². The average Bonchev–Trinajstić information content (AvgIpc) is 3.27. The Morgan fingerprint density at radius 1 is 1.00 bits per heavy atom. The summed E-state index contributed by atoms with van der Waals surface area (Å²) < 4.78 is 7.50. The minimum atomic E-state index is -0.366. The van der Waals surface area contributed by atoms with Crippen LogP contribution in [-0.2, 0) is 11.3 Å². The number of nitrogens with zero attached hydrogens (tertiary/aromatic N) is 3. The van der Waals surface area contributed by atoms with Crippen LogP contribution in [0, 0.1) is 0 Å². The van der Waals surface area contributed by atoms with Gasteiger partial charge in [0, 0.05) is 16.3 Å². The van der Waals surface area contributed by atoms with Gasteiger partial charge in [-0.15, -0.1) is 10.2 Å². The summed E-state index contributed by atoms with van der Waals surface area (Å²) in [7, 11) is 1.64. The molecule has 1 N–H and O–H groups in total. The molecule has 4 aromatic rings. The minimum Gasteiger partial charge on any atom is -0.496 e. The van der Waals surface area contributed by atoms with E-state index in [-0.39, 0.29) is 11.2 Å². The van der Waals surface area contributed by atoms with E-state index in [1.807, 2.05) is 85.1 Å². The van der Waals surface area contributed by atoms with Crippen molar-refractivity contribution in [2.45, 2.75) is 40.6 Å². The van der Waals surface area contributed by atoms with Crippen molar-refractivity contribution in [2.24, 2.45) is 0 Å². The summed E-state index contributed by atoms with van der Waals surface area (Å²) in [5.74, 6) is 1.37. The number of amides is 1. The standard InChI is InChI=1S/C26H26N4O2S2/c1-4-30-24(20-14-8-10-16-22(20)32-3)28-29-26(30)33-18(2)25(31)27-21-15-9-11-17-23(21)34-19-12-6-5-7-13-19/h5-18H,4H2,1-3H3,(H,27,31). The lowest BCUT2D eigenvalue weighted by atomic mass is 10.2. The number of nitrogens with one attached hydrogen (secondary N) is 1. The van der Waals surface area contributed by atoms with Crippen LogP contribution in [0.1, 0.15) is 13.8 Å². The molecule has 34 heavy (non-hydrogen) atoms. The first-order valence-corrected chi connectivity index (χ1v) is 12.7. The molecule has 0 radical (unpaired) electrons. The number of hydrogen-bond acceptors (Lipinski definition) is 6. The van der Waals surface area contributed by atoms with E-state index in [2.05, 4.69) is 27.6 Å². The van der Waals surface area contributed by atoms with Crippen LogP contribution >= 0.6 is 23.5 Å². The predicted molar refractivity (Wildman–Crippen MR) is 139 cm³/mol. The van der Waals surface area contributed by atoms with E-state index in [1.54, 1.807) is 18.9 Å². The highest BCUT2D eigenvalue weighted by atomic mass is 32.2. The summed E-state index contributed by atoms with van der Waals surface area (Å²) in [6.45, 7) is 4.59. The maximum absolute atomic E-state index is 13.1. The number of methoxy groups -OCH3 is 1. The first kappa shape index (κ1) is 23.9. The molecule has 8 heteroatoms. The van der Waals surface area contributed by atoms with Crippen molar-refractivity contribution in [3.63, 3.8) is 0 Å². The zero-order valence-electron chi connectivity index (χ0n) is 19.3. The molecular weight excluding hydrogens is 464 g/mol. The summed E-state index contributed by atoms with van der Waals surface area (Å²) in [4.78, 5) is 15.2. The number of para-hydroxylation sites is 2. The third kappa shape index (κ3) is 5.46. The van der Waals surface area contributed by atoms with Gasteiger partial charge in [-0.05, 0) is 50.2 Å². The molecule has 1 amide bonds. The molecule has 4 rings (SSSR count). The Hall–Kier alpha value is -3.23. The van der Waals surface area contributed by atoms with Crippen LogP contribution in [0.5, 0.6) is 5.75 Å². The van der Waals surface area contributed by atoms with Crippen LogP contribution in [-0.4, -0.2) is 33.0 Å². The number of hydrogen-bond donors (Lipinski definition) is 1. The van der Waals surface area contributed by atoms with Crippen molar-refractivity contribution < 1.29 is 9.53 Å². The second-order valence-electron chi connectivity index (χ2n) is 7.41. The molecule has 174 valence electrons. The van der Waals surface area contributed by atoms with Crippen molar-refractivity contribution in [2.75, 3.05) is 12.4 Å². The molecule has 0 fully saturated rings. The zero-order valence-corrected chi connectivity index (χ0v) is 20.9. The third-order valence-electron chi connectivity index (χ3n) is 5.15. The normalized spacial score (nSPS) is 11.7. The molecule has 0 saturated carbocycles. The molecule has 1 aromatic heterocycles. The lowest BCUT2D eigenvalue weighted by Crippen LogP contribution is -2.23. The number of aromatic nitrogens is 3. The quantitative estimate of drug-likeness (QED) is 0.280. The largest absolute Gasteiger partial charge is 0.496 e. The fourth-order valence-corrected chi connectivity index (χ4v) is 5.25. The van der Waals surface area contributed by atoms with Crippen molar-refractivity contribution in [1.82, 2.24) is 14.8 Å². The fraction of sp³-hybridized carbons (Fsp3) is 0.192. The number of carbonyl (C=O) groups excluding carboxylic acids is 1. The Labute approximate surface area is 208 Å². The Morgan fingerprint density at radius 3 is 2.47 bits per heavy atom. The van der Waals surface area contributed by atoms with Gasteiger partial charge in [-0.1, -0.05) is 66.0 Å². The molecule has 0 spiro atoms. The lowest BCUT2D eigenvalue weighted by Gasteiger charge is -2.15. The van der Waals surface area contributed by atoms with E-state index in [1.165, 1.54) is 11.8 Å². The van der Waals surface area contributed by atoms with Crippen LogP contribution in [0.25, 0.3) is 11.4 Å². The second kappa shape index (κ2) is 11.3. The third-order valence-corrected chi connectivity index (χ3v) is 7.31. The van der Waals surface area contributed by atoms with Gasteiger partial charge in [-0.3, -0.25) is 4.79 Å². The van der Waals surface area contributed by atoms with Gasteiger partial charge < -0.3 is 14.6 Å². The van der Waals surface area contributed by atoms with Gasteiger partial charge in [0.25, 0.3) is 0 Å². The molecule has 0 aliphatic carbocycles. The van der Waals surface area contributed by atoms with Crippen molar-refractivity contribution >= 4 is 35.1 Å². The van der Waals surface area contributed by atoms with Crippen LogP contribution in [0.3, 0.4) is 0 Å². The molecule has 6 nitrogen and oxygen atoms in total. The molecule has 3 aromatic carbocycles. The van der Waals surface area contributed by atoms with Gasteiger partial charge in [-0.25, -0.2) is 0 Å². The molecule has 0 bridgehead atoms. The molecule has 1 atom stereocenters. The van der Waals surface area contributed by atoms with E-state index in [9.17, 15) is 4.79 Å². The second-order valence-corrected chi connectivity index (χ2v) is 9.83. The van der Waals surface area contributed by atoms with Gasteiger partial charge in [0.05, 0.1) is 23.6 Å². The van der Waals surface area contributed by atoms with Crippen LogP contribution in [0.2, 0.25) is 0 Å². The summed E-state index contributed by atoms with van der Waals surface area (Å²) >= 11 is 3.01. The van der Waals surface area contributed by atoms with Gasteiger partial charge in [0.15, 0.2) is 11.0 Å². The lowest BCUT2D eigenvalue weighted by molar-refractivity contribution is -0.115. The van der Waals surface area contributed by atoms with Gasteiger partial charge in [0.1, 0.15) is 5.75 Å². The number of anilines is 1. The topological polar surface area (TPSA) is 69.0 Å². The summed E-state index contributed by atoms with van der Waals surface area (Å²) in [5.41, 5.74) is 1.66. The zero-order chi connectivity index (χ0) is 23.9. The molecule has 1 heterocycles.